The van der Waals surface area contributed by atoms with Gasteiger partial charge in [-0.2, -0.15) is 0 Å². The lowest BCUT2D eigenvalue weighted by Crippen LogP contribution is -2.38. The van der Waals surface area contributed by atoms with Crippen molar-refractivity contribution in [2.75, 3.05) is 31.9 Å². The van der Waals surface area contributed by atoms with Gasteiger partial charge in [0.15, 0.2) is 0 Å². The van der Waals surface area contributed by atoms with E-state index in [9.17, 15) is 0 Å². The minimum absolute atomic E-state index is 0.758. The molecule has 1 atom stereocenters. The number of hydrogen-bond donors (Lipinski definition) is 1. The van der Waals surface area contributed by atoms with Gasteiger partial charge in [-0.05, 0) is 38.6 Å². The van der Waals surface area contributed by atoms with Crippen molar-refractivity contribution in [3.8, 4) is 0 Å². The molecule has 0 amide bonds. The molecule has 0 bridgehead atoms. The Morgan fingerprint density at radius 2 is 2.11 bits per heavy atom. The molecule has 0 saturated carbocycles. The minimum atomic E-state index is 0.758. The zero-order chi connectivity index (χ0) is 12.8. The number of likely N-dealkylation sites (N-methyl/N-ethyl adjacent to an activating group) is 1. The number of nitrogens with zero attached hydrogens (tertiary/aromatic N) is 1. The van der Waals surface area contributed by atoms with E-state index >= 15 is 0 Å². The predicted octanol–water partition coefficient (Wildman–Crippen LogP) is 2.77. The van der Waals surface area contributed by atoms with Crippen molar-refractivity contribution in [3.63, 3.8) is 0 Å². The summed E-state index contributed by atoms with van der Waals surface area (Å²) in [5.41, 5.74) is 1.34. The first-order chi connectivity index (χ1) is 8.79. The predicted molar refractivity (Wildman–Crippen MR) is 80.4 cm³/mol. The van der Waals surface area contributed by atoms with Gasteiger partial charge in [0.25, 0.3) is 0 Å². The van der Waals surface area contributed by atoms with Gasteiger partial charge in [-0.25, -0.2) is 0 Å². The Kier molecular flexibility index (Phi) is 5.54. The molecule has 0 spiro atoms. The van der Waals surface area contributed by atoms with Gasteiger partial charge in [-0.1, -0.05) is 24.6 Å². The normalized spacial score (nSPS) is 19.6. The molecule has 1 fully saturated rings. The van der Waals surface area contributed by atoms with Gasteiger partial charge in [0.1, 0.15) is 0 Å². The lowest BCUT2D eigenvalue weighted by atomic mass is 10.2. The zero-order valence-corrected chi connectivity index (χ0v) is 12.3. The molecule has 1 aliphatic rings. The topological polar surface area (TPSA) is 15.3 Å². The van der Waals surface area contributed by atoms with Crippen LogP contribution in [-0.4, -0.2) is 42.9 Å². The largest absolute Gasteiger partial charge is 0.315 e. The van der Waals surface area contributed by atoms with Crippen LogP contribution in [0.1, 0.15) is 18.9 Å². The van der Waals surface area contributed by atoms with E-state index < -0.39 is 0 Å². The van der Waals surface area contributed by atoms with E-state index in [1.54, 1.807) is 0 Å². The molecule has 1 N–H and O–H groups in total. The van der Waals surface area contributed by atoms with Crippen molar-refractivity contribution < 1.29 is 0 Å². The molecule has 0 aromatic heterocycles. The van der Waals surface area contributed by atoms with Gasteiger partial charge in [-0.3, -0.25) is 4.90 Å². The molecule has 1 aromatic carbocycles. The first-order valence-corrected chi connectivity index (χ1v) is 7.92. The molecule has 1 unspecified atom stereocenters. The Balaban J connectivity index is 1.74. The van der Waals surface area contributed by atoms with E-state index in [4.69, 9.17) is 0 Å². The summed E-state index contributed by atoms with van der Waals surface area (Å²) in [4.78, 5) is 4.00. The fourth-order valence-electron chi connectivity index (χ4n) is 2.47. The lowest BCUT2D eigenvalue weighted by Gasteiger charge is -2.26. The van der Waals surface area contributed by atoms with Gasteiger partial charge in [0.05, 0.1) is 0 Å². The fraction of sp³-hybridized carbons (Fsp3) is 0.600. The zero-order valence-electron chi connectivity index (χ0n) is 11.5. The third-order valence-electron chi connectivity index (χ3n) is 3.63. The van der Waals surface area contributed by atoms with Crippen molar-refractivity contribution in [3.05, 3.63) is 29.8 Å². The molecule has 1 heterocycles. The van der Waals surface area contributed by atoms with Gasteiger partial charge in [-0.15, -0.1) is 11.8 Å². The van der Waals surface area contributed by atoms with Crippen LogP contribution < -0.4 is 5.32 Å². The van der Waals surface area contributed by atoms with E-state index in [2.05, 4.69) is 48.3 Å². The van der Waals surface area contributed by atoms with Crippen LogP contribution in [0.5, 0.6) is 0 Å². The summed E-state index contributed by atoms with van der Waals surface area (Å²) in [7, 11) is 0. The van der Waals surface area contributed by atoms with Crippen molar-refractivity contribution >= 4 is 11.8 Å². The van der Waals surface area contributed by atoms with E-state index in [1.165, 1.54) is 48.8 Å². The molecule has 0 radical (unpaired) electrons. The van der Waals surface area contributed by atoms with Gasteiger partial charge in [0.2, 0.25) is 0 Å². The van der Waals surface area contributed by atoms with Gasteiger partial charge < -0.3 is 5.32 Å². The lowest BCUT2D eigenvalue weighted by molar-refractivity contribution is 0.233. The molecule has 3 heteroatoms. The molecule has 2 rings (SSSR count). The smallest absolute Gasteiger partial charge is 0.0232 e. The second kappa shape index (κ2) is 7.17. The number of benzene rings is 1. The Hall–Kier alpha value is -0.510. The molecule has 1 aromatic rings. The number of thioether (sulfide) groups is 1. The minimum Gasteiger partial charge on any atom is -0.315 e. The van der Waals surface area contributed by atoms with Gasteiger partial charge in [0, 0.05) is 29.8 Å². The van der Waals surface area contributed by atoms with Gasteiger partial charge >= 0.3 is 0 Å². The Morgan fingerprint density at radius 1 is 1.33 bits per heavy atom. The summed E-state index contributed by atoms with van der Waals surface area (Å²) in [5, 5.41) is 3.45. The maximum absolute atomic E-state index is 3.45. The molecular weight excluding hydrogens is 240 g/mol. The Morgan fingerprint density at radius 3 is 2.72 bits per heavy atom. The summed E-state index contributed by atoms with van der Waals surface area (Å²) in [5.74, 6) is 1.19. The fourth-order valence-corrected chi connectivity index (χ4v) is 3.36. The van der Waals surface area contributed by atoms with E-state index in [-0.39, 0.29) is 0 Å². The second-order valence-electron chi connectivity index (χ2n) is 4.94. The monoisotopic (exact) mass is 264 g/mol. The van der Waals surface area contributed by atoms with Crippen LogP contribution in [0, 0.1) is 6.92 Å². The van der Waals surface area contributed by atoms with Crippen LogP contribution in [-0.2, 0) is 0 Å². The number of rotatable bonds is 6. The van der Waals surface area contributed by atoms with Crippen molar-refractivity contribution in [1.82, 2.24) is 10.2 Å². The molecule has 1 aliphatic heterocycles. The first-order valence-electron chi connectivity index (χ1n) is 6.94. The molecule has 1 saturated heterocycles. The van der Waals surface area contributed by atoms with Crippen molar-refractivity contribution in [2.45, 2.75) is 31.2 Å². The maximum atomic E-state index is 3.45. The summed E-state index contributed by atoms with van der Waals surface area (Å²) in [6.45, 7) is 9.13. The standard InChI is InChI=1S/C15H24N2S/c1-3-17(14-8-9-16-12-14)10-11-18-15-6-4-13(2)5-7-15/h4-7,14,16H,3,8-12H2,1-2H3. The maximum Gasteiger partial charge on any atom is 0.0232 e. The van der Waals surface area contributed by atoms with Crippen LogP contribution in [0.4, 0.5) is 0 Å². The quantitative estimate of drug-likeness (QED) is 0.795. The molecule has 2 nitrogen and oxygen atoms in total. The molecular formula is C15H24N2S. The average molecular weight is 264 g/mol. The van der Waals surface area contributed by atoms with Crippen LogP contribution in [0.15, 0.2) is 29.2 Å². The van der Waals surface area contributed by atoms with Crippen molar-refractivity contribution in [1.29, 1.82) is 0 Å². The first kappa shape index (κ1) is 13.9. The van der Waals surface area contributed by atoms with E-state index in [0.29, 0.717) is 0 Å². The van der Waals surface area contributed by atoms with Crippen LogP contribution in [0.2, 0.25) is 0 Å². The highest BCUT2D eigenvalue weighted by Gasteiger charge is 2.20. The van der Waals surface area contributed by atoms with Crippen LogP contribution in [0.25, 0.3) is 0 Å². The summed E-state index contributed by atoms with van der Waals surface area (Å²) < 4.78 is 0. The summed E-state index contributed by atoms with van der Waals surface area (Å²) in [6.07, 6.45) is 1.31. The Bertz CT molecular complexity index is 344. The second-order valence-corrected chi connectivity index (χ2v) is 6.11. The number of hydrogen-bond acceptors (Lipinski definition) is 3. The van der Waals surface area contributed by atoms with E-state index in [0.717, 1.165) is 6.04 Å². The van der Waals surface area contributed by atoms with Crippen LogP contribution in [0.3, 0.4) is 0 Å². The van der Waals surface area contributed by atoms with Crippen molar-refractivity contribution in [2.24, 2.45) is 0 Å². The van der Waals surface area contributed by atoms with Crippen LogP contribution >= 0.6 is 11.8 Å². The molecule has 18 heavy (non-hydrogen) atoms. The SMILES string of the molecule is CCN(CCSc1ccc(C)cc1)C1CCNC1. The number of nitrogens with one attached hydrogen (secondary N) is 1. The highest BCUT2D eigenvalue weighted by molar-refractivity contribution is 7.99. The third-order valence-corrected chi connectivity index (χ3v) is 4.62. The summed E-state index contributed by atoms with van der Waals surface area (Å²) >= 11 is 1.97. The number of aryl methyl sites for hydroxylation is 1. The van der Waals surface area contributed by atoms with E-state index in [1.807, 2.05) is 11.8 Å². The summed E-state index contributed by atoms with van der Waals surface area (Å²) in [6, 6.07) is 9.61. The molecule has 100 valence electrons. The third kappa shape index (κ3) is 4.01. The Labute approximate surface area is 115 Å². The highest BCUT2D eigenvalue weighted by atomic mass is 32.2. The highest BCUT2D eigenvalue weighted by Crippen LogP contribution is 2.19. The molecule has 0 aliphatic carbocycles. The average Bonchev–Trinajstić information content (AvgIpc) is 2.91.